The molecule has 17 heavy (non-hydrogen) atoms. The number of nitrogens with one attached hydrogen (secondary N) is 1. The lowest BCUT2D eigenvalue weighted by atomic mass is 10.1. The van der Waals surface area contributed by atoms with Crippen LogP contribution in [0.3, 0.4) is 0 Å². The topological polar surface area (TPSA) is 85.1 Å². The number of allylic oxidation sites excluding steroid dienone is 1. The number of carbonyl (C=O) groups is 2. The zero-order valence-corrected chi connectivity index (χ0v) is 9.43. The smallest absolute Gasteiger partial charge is 0.270 e. The molecule has 0 spiro atoms. The summed E-state index contributed by atoms with van der Waals surface area (Å²) in [6.07, 6.45) is 4.23. The van der Waals surface area contributed by atoms with Crippen LogP contribution in [0.15, 0.2) is 37.1 Å². The molecule has 0 fully saturated rings. The maximum Gasteiger partial charge on any atom is 0.270 e. The number of pyridine rings is 1. The van der Waals surface area contributed by atoms with Crippen molar-refractivity contribution in [1.29, 1.82) is 0 Å². The Morgan fingerprint density at radius 3 is 2.82 bits per heavy atom. The van der Waals surface area contributed by atoms with E-state index in [-0.39, 0.29) is 5.69 Å². The third kappa shape index (κ3) is 4.06. The van der Waals surface area contributed by atoms with Crippen molar-refractivity contribution in [3.05, 3.63) is 42.7 Å². The molecule has 0 radical (unpaired) electrons. The number of primary amides is 1. The predicted molar refractivity (Wildman–Crippen MR) is 64.1 cm³/mol. The van der Waals surface area contributed by atoms with E-state index in [0.717, 1.165) is 0 Å². The molecule has 0 saturated heterocycles. The van der Waals surface area contributed by atoms with Gasteiger partial charge in [-0.3, -0.25) is 14.6 Å². The van der Waals surface area contributed by atoms with Crippen LogP contribution in [0.4, 0.5) is 0 Å². The molecule has 1 rings (SSSR count). The monoisotopic (exact) mass is 233 g/mol. The molecule has 5 nitrogen and oxygen atoms in total. The van der Waals surface area contributed by atoms with Crippen LogP contribution < -0.4 is 11.1 Å². The van der Waals surface area contributed by atoms with Crippen LogP contribution in [-0.4, -0.2) is 22.8 Å². The fourth-order valence-corrected chi connectivity index (χ4v) is 1.30. The van der Waals surface area contributed by atoms with E-state index < -0.39 is 17.9 Å². The van der Waals surface area contributed by atoms with Gasteiger partial charge in [0.25, 0.3) is 5.91 Å². The predicted octanol–water partition coefficient (Wildman–Crippen LogP) is 0.631. The third-order valence-electron chi connectivity index (χ3n) is 2.21. The van der Waals surface area contributed by atoms with E-state index >= 15 is 0 Å². The standard InChI is InChI=1S/C12H15N3O2/c1-2-3-6-9(11(13)16)15-12(17)10-7-4-5-8-14-10/h2,4-5,7-9H,1,3,6H2,(H2,13,16)(H,15,17)/t9-/m1/s1. The average Bonchev–Trinajstić information content (AvgIpc) is 2.35. The zero-order valence-electron chi connectivity index (χ0n) is 9.43. The quantitative estimate of drug-likeness (QED) is 0.707. The highest BCUT2D eigenvalue weighted by Crippen LogP contribution is 2.00. The van der Waals surface area contributed by atoms with Crippen LogP contribution in [0.5, 0.6) is 0 Å². The summed E-state index contributed by atoms with van der Waals surface area (Å²) >= 11 is 0. The van der Waals surface area contributed by atoms with Crippen molar-refractivity contribution in [3.63, 3.8) is 0 Å². The first-order valence-electron chi connectivity index (χ1n) is 5.27. The summed E-state index contributed by atoms with van der Waals surface area (Å²) in [6.45, 7) is 3.55. The molecule has 1 aromatic rings. The van der Waals surface area contributed by atoms with Crippen LogP contribution in [0.1, 0.15) is 23.3 Å². The van der Waals surface area contributed by atoms with E-state index in [1.165, 1.54) is 6.20 Å². The van der Waals surface area contributed by atoms with Gasteiger partial charge in [-0.05, 0) is 25.0 Å². The number of hydrogen-bond acceptors (Lipinski definition) is 3. The van der Waals surface area contributed by atoms with Gasteiger partial charge in [0.05, 0.1) is 0 Å². The Bertz CT molecular complexity index is 403. The maximum atomic E-state index is 11.7. The molecular weight excluding hydrogens is 218 g/mol. The van der Waals surface area contributed by atoms with Gasteiger partial charge in [0, 0.05) is 6.20 Å². The lowest BCUT2D eigenvalue weighted by molar-refractivity contribution is -0.119. The Balaban J connectivity index is 2.64. The number of aromatic nitrogens is 1. The molecule has 2 amide bonds. The molecule has 0 aliphatic carbocycles. The minimum Gasteiger partial charge on any atom is -0.368 e. The first-order valence-corrected chi connectivity index (χ1v) is 5.27. The van der Waals surface area contributed by atoms with Gasteiger partial charge in [0.1, 0.15) is 11.7 Å². The molecule has 0 aliphatic rings. The first kappa shape index (κ1) is 12.9. The number of amides is 2. The molecule has 0 unspecified atom stereocenters. The molecule has 0 aliphatic heterocycles. The highest BCUT2D eigenvalue weighted by Gasteiger charge is 2.18. The van der Waals surface area contributed by atoms with Gasteiger partial charge in [0.2, 0.25) is 5.91 Å². The lowest BCUT2D eigenvalue weighted by Crippen LogP contribution is -2.44. The zero-order chi connectivity index (χ0) is 12.7. The Labute approximate surface area is 99.7 Å². The molecule has 3 N–H and O–H groups in total. The second-order valence-corrected chi connectivity index (χ2v) is 3.51. The van der Waals surface area contributed by atoms with Crippen molar-refractivity contribution in [2.24, 2.45) is 5.73 Å². The number of nitrogens with zero attached hydrogens (tertiary/aromatic N) is 1. The first-order chi connectivity index (χ1) is 8.15. The van der Waals surface area contributed by atoms with Crippen molar-refractivity contribution in [2.75, 3.05) is 0 Å². The second kappa shape index (κ2) is 6.42. The second-order valence-electron chi connectivity index (χ2n) is 3.51. The van der Waals surface area contributed by atoms with Crippen molar-refractivity contribution in [1.82, 2.24) is 10.3 Å². The lowest BCUT2D eigenvalue weighted by Gasteiger charge is -2.13. The molecule has 1 aromatic heterocycles. The van der Waals surface area contributed by atoms with Gasteiger partial charge in [-0.15, -0.1) is 6.58 Å². The van der Waals surface area contributed by atoms with Crippen molar-refractivity contribution in [3.8, 4) is 0 Å². The minimum atomic E-state index is -0.692. The highest BCUT2D eigenvalue weighted by molar-refractivity contribution is 5.95. The maximum absolute atomic E-state index is 11.7. The van der Waals surface area contributed by atoms with E-state index in [1.54, 1.807) is 24.3 Å². The Kier molecular flexibility index (Phi) is 4.87. The largest absolute Gasteiger partial charge is 0.368 e. The molecule has 1 heterocycles. The number of carbonyl (C=O) groups excluding carboxylic acids is 2. The van der Waals surface area contributed by atoms with Gasteiger partial charge in [-0.2, -0.15) is 0 Å². The summed E-state index contributed by atoms with van der Waals surface area (Å²) in [5, 5.41) is 2.54. The third-order valence-corrected chi connectivity index (χ3v) is 2.21. The molecule has 0 aromatic carbocycles. The van der Waals surface area contributed by atoms with E-state index in [0.29, 0.717) is 12.8 Å². The summed E-state index contributed by atoms with van der Waals surface area (Å²) in [4.78, 5) is 26.7. The number of nitrogens with two attached hydrogens (primary N) is 1. The Morgan fingerprint density at radius 1 is 1.53 bits per heavy atom. The molecule has 90 valence electrons. The molecule has 5 heteroatoms. The summed E-state index contributed by atoms with van der Waals surface area (Å²) in [7, 11) is 0. The SMILES string of the molecule is C=CCC[C@@H](NC(=O)c1ccccn1)C(N)=O. The fraction of sp³-hybridized carbons (Fsp3) is 0.250. The summed E-state index contributed by atoms with van der Waals surface area (Å²) < 4.78 is 0. The van der Waals surface area contributed by atoms with Crippen LogP contribution in [0.25, 0.3) is 0 Å². The molecule has 1 atom stereocenters. The van der Waals surface area contributed by atoms with Gasteiger partial charge < -0.3 is 11.1 Å². The van der Waals surface area contributed by atoms with Crippen molar-refractivity contribution < 1.29 is 9.59 Å². The van der Waals surface area contributed by atoms with E-state index in [4.69, 9.17) is 5.73 Å². The average molecular weight is 233 g/mol. The van der Waals surface area contributed by atoms with Gasteiger partial charge in [-0.25, -0.2) is 0 Å². The highest BCUT2D eigenvalue weighted by atomic mass is 16.2. The summed E-state index contributed by atoms with van der Waals surface area (Å²) in [5.41, 5.74) is 5.46. The molecule has 0 bridgehead atoms. The van der Waals surface area contributed by atoms with E-state index in [2.05, 4.69) is 16.9 Å². The number of rotatable bonds is 6. The van der Waals surface area contributed by atoms with Crippen LogP contribution in [-0.2, 0) is 4.79 Å². The van der Waals surface area contributed by atoms with Gasteiger partial charge in [0.15, 0.2) is 0 Å². The summed E-state index contributed by atoms with van der Waals surface area (Å²) in [5.74, 6) is -0.963. The molecule has 0 saturated carbocycles. The van der Waals surface area contributed by atoms with E-state index in [9.17, 15) is 9.59 Å². The van der Waals surface area contributed by atoms with Crippen LogP contribution >= 0.6 is 0 Å². The van der Waals surface area contributed by atoms with Crippen LogP contribution in [0, 0.1) is 0 Å². The van der Waals surface area contributed by atoms with Crippen LogP contribution in [0.2, 0.25) is 0 Å². The van der Waals surface area contributed by atoms with Crippen molar-refractivity contribution >= 4 is 11.8 Å². The van der Waals surface area contributed by atoms with Gasteiger partial charge in [-0.1, -0.05) is 12.1 Å². The van der Waals surface area contributed by atoms with Gasteiger partial charge >= 0.3 is 0 Å². The normalized spacial score (nSPS) is 11.5. The Hall–Kier alpha value is -2.17. The van der Waals surface area contributed by atoms with E-state index in [1.807, 2.05) is 0 Å². The minimum absolute atomic E-state index is 0.261. The van der Waals surface area contributed by atoms with Crippen molar-refractivity contribution in [2.45, 2.75) is 18.9 Å². The fourth-order valence-electron chi connectivity index (χ4n) is 1.30. The Morgan fingerprint density at radius 2 is 2.29 bits per heavy atom. The number of hydrogen-bond donors (Lipinski definition) is 2. The molecular formula is C12H15N3O2. The summed E-state index contributed by atoms with van der Waals surface area (Å²) in [6, 6.07) is 4.29.